The standard InChI is InChI=1S/C17H17.2ClH.Zr/c1-10-5-12(3)14-9-15-13(4)6-11(2)8-17(15)16(14)7-10;;;/h5-9H,1-4H3;2*1H;/q;;;+2/p-2. The summed E-state index contributed by atoms with van der Waals surface area (Å²) in [6.45, 7) is 8.76. The van der Waals surface area contributed by atoms with Crippen LogP contribution in [-0.2, 0) is 20.8 Å². The summed E-state index contributed by atoms with van der Waals surface area (Å²) in [7, 11) is 9.87. The summed E-state index contributed by atoms with van der Waals surface area (Å²) >= 11 is -0.826. The zero-order valence-corrected chi connectivity index (χ0v) is 16.1. The maximum atomic E-state index is 4.93. The van der Waals surface area contributed by atoms with Gasteiger partial charge in [0.25, 0.3) is 0 Å². The summed E-state index contributed by atoms with van der Waals surface area (Å²) in [5, 5.41) is 0. The van der Waals surface area contributed by atoms with Gasteiger partial charge in [-0.2, -0.15) is 0 Å². The molecular formula is C17H17Cl2Zr. The van der Waals surface area contributed by atoms with Crippen molar-refractivity contribution in [3.8, 4) is 11.1 Å². The Morgan fingerprint density at radius 1 is 0.700 bits per heavy atom. The van der Waals surface area contributed by atoms with Crippen LogP contribution in [0.2, 0.25) is 0 Å². The molecular weight excluding hydrogens is 366 g/mol. The van der Waals surface area contributed by atoms with Gasteiger partial charge in [-0.05, 0) is 61.1 Å². The van der Waals surface area contributed by atoms with Crippen LogP contribution in [0.3, 0.4) is 0 Å². The Bertz CT molecular complexity index is 592. The molecule has 0 nitrogen and oxygen atoms in total. The minimum absolute atomic E-state index is 0.826. The second-order valence-electron chi connectivity index (χ2n) is 5.30. The number of hydrogen-bond donors (Lipinski definition) is 0. The van der Waals surface area contributed by atoms with E-state index in [0.717, 1.165) is 0 Å². The molecule has 0 unspecified atom stereocenters. The molecule has 0 saturated carbocycles. The van der Waals surface area contributed by atoms with Crippen LogP contribution in [0.15, 0.2) is 24.3 Å². The topological polar surface area (TPSA) is 0 Å². The van der Waals surface area contributed by atoms with Crippen molar-refractivity contribution >= 4 is 17.0 Å². The summed E-state index contributed by atoms with van der Waals surface area (Å²) in [5.74, 6) is 0. The van der Waals surface area contributed by atoms with Crippen LogP contribution in [0.1, 0.15) is 33.4 Å². The third kappa shape index (κ3) is 3.21. The van der Waals surface area contributed by atoms with Crippen LogP contribution >= 0.6 is 17.0 Å². The van der Waals surface area contributed by atoms with Gasteiger partial charge in [0.15, 0.2) is 0 Å². The third-order valence-electron chi connectivity index (χ3n) is 3.64. The van der Waals surface area contributed by atoms with Gasteiger partial charge < -0.3 is 0 Å². The molecule has 0 saturated heterocycles. The van der Waals surface area contributed by atoms with Crippen molar-refractivity contribution in [1.29, 1.82) is 0 Å². The van der Waals surface area contributed by atoms with E-state index < -0.39 is 20.8 Å². The molecule has 103 valence electrons. The summed E-state index contributed by atoms with van der Waals surface area (Å²) < 4.78 is 0. The Labute approximate surface area is 140 Å². The molecule has 1 aliphatic rings. The molecule has 0 amide bonds. The number of fused-ring (bicyclic) bond motifs is 3. The monoisotopic (exact) mass is 381 g/mol. The first-order chi connectivity index (χ1) is 9.47. The molecule has 0 aliphatic heterocycles. The Kier molecular flexibility index (Phi) is 5.51. The van der Waals surface area contributed by atoms with E-state index in [1.807, 2.05) is 0 Å². The number of rotatable bonds is 0. The van der Waals surface area contributed by atoms with Gasteiger partial charge in [-0.15, -0.1) is 0 Å². The average Bonchev–Trinajstić information content (AvgIpc) is 2.70. The van der Waals surface area contributed by atoms with E-state index in [1.54, 1.807) is 0 Å². The molecule has 0 spiro atoms. The van der Waals surface area contributed by atoms with Crippen molar-refractivity contribution in [3.63, 3.8) is 0 Å². The van der Waals surface area contributed by atoms with Gasteiger partial charge in [0, 0.05) is 6.42 Å². The van der Waals surface area contributed by atoms with E-state index in [0.29, 0.717) is 0 Å². The van der Waals surface area contributed by atoms with Crippen molar-refractivity contribution in [2.75, 3.05) is 0 Å². The Hall–Kier alpha value is -0.0969. The molecule has 2 aromatic rings. The molecule has 0 atom stereocenters. The average molecular weight is 383 g/mol. The van der Waals surface area contributed by atoms with Crippen LogP contribution in [0.25, 0.3) is 11.1 Å². The summed E-state index contributed by atoms with van der Waals surface area (Å²) in [4.78, 5) is 0. The Morgan fingerprint density at radius 2 is 1.05 bits per heavy atom. The van der Waals surface area contributed by atoms with E-state index in [4.69, 9.17) is 17.0 Å². The van der Waals surface area contributed by atoms with Gasteiger partial charge in [-0.25, -0.2) is 0 Å². The van der Waals surface area contributed by atoms with Crippen molar-refractivity contribution in [1.82, 2.24) is 0 Å². The molecule has 20 heavy (non-hydrogen) atoms. The van der Waals surface area contributed by atoms with E-state index >= 15 is 0 Å². The number of benzene rings is 2. The number of halogens is 2. The fraction of sp³-hybridized carbons (Fsp3) is 0.235. The van der Waals surface area contributed by atoms with E-state index in [9.17, 15) is 0 Å². The molecule has 1 radical (unpaired) electrons. The van der Waals surface area contributed by atoms with Crippen molar-refractivity contribution in [2.45, 2.75) is 27.7 Å². The van der Waals surface area contributed by atoms with Crippen LogP contribution in [0.4, 0.5) is 0 Å². The third-order valence-corrected chi connectivity index (χ3v) is 3.64. The minimum atomic E-state index is -0.826. The summed E-state index contributed by atoms with van der Waals surface area (Å²) in [5.41, 5.74) is 11.1. The number of aryl methyl sites for hydroxylation is 4. The second-order valence-corrected chi connectivity index (χ2v) is 9.03. The molecule has 0 heterocycles. The molecule has 0 bridgehead atoms. The first-order valence-electron chi connectivity index (χ1n) is 6.51. The Balaban J connectivity index is 0.000000452. The second kappa shape index (κ2) is 6.78. The van der Waals surface area contributed by atoms with Crippen LogP contribution < -0.4 is 0 Å². The SMILES string of the molecule is Cc1cc(C)c2c(c1)-c1cc(C)cc(C)c1[CH]2.[Cl][Zr][Cl]. The molecule has 3 heteroatoms. The van der Waals surface area contributed by atoms with Crippen LogP contribution in [0.5, 0.6) is 0 Å². The fourth-order valence-electron chi connectivity index (χ4n) is 2.93. The summed E-state index contributed by atoms with van der Waals surface area (Å²) in [6, 6.07) is 9.15. The molecule has 1 aliphatic carbocycles. The first-order valence-corrected chi connectivity index (χ1v) is 12.8. The summed E-state index contributed by atoms with van der Waals surface area (Å²) in [6.07, 6.45) is 2.34. The maximum absolute atomic E-state index is 4.93. The van der Waals surface area contributed by atoms with Gasteiger partial charge in [-0.3, -0.25) is 0 Å². The van der Waals surface area contributed by atoms with Gasteiger partial charge in [0.05, 0.1) is 0 Å². The van der Waals surface area contributed by atoms with E-state index in [2.05, 4.69) is 58.4 Å². The van der Waals surface area contributed by atoms with Crippen LogP contribution in [0, 0.1) is 34.1 Å². The van der Waals surface area contributed by atoms with Gasteiger partial charge in [0.1, 0.15) is 0 Å². The zero-order valence-electron chi connectivity index (χ0n) is 12.1. The van der Waals surface area contributed by atoms with E-state index in [1.165, 1.54) is 44.5 Å². The van der Waals surface area contributed by atoms with Gasteiger partial charge in [-0.1, -0.05) is 35.4 Å². The molecule has 2 aromatic carbocycles. The number of hydrogen-bond acceptors (Lipinski definition) is 0. The zero-order chi connectivity index (χ0) is 14.9. The molecule has 0 fully saturated rings. The van der Waals surface area contributed by atoms with Crippen molar-refractivity contribution in [3.05, 3.63) is 64.1 Å². The van der Waals surface area contributed by atoms with Crippen LogP contribution in [-0.4, -0.2) is 0 Å². The Morgan fingerprint density at radius 3 is 1.40 bits per heavy atom. The normalized spacial score (nSPS) is 11.3. The molecule has 0 N–H and O–H groups in total. The predicted octanol–water partition coefficient (Wildman–Crippen LogP) is 5.88. The molecule has 3 rings (SSSR count). The first kappa shape index (κ1) is 16.3. The predicted molar refractivity (Wildman–Crippen MR) is 85.0 cm³/mol. The van der Waals surface area contributed by atoms with Gasteiger partial charge >= 0.3 is 37.9 Å². The van der Waals surface area contributed by atoms with Crippen molar-refractivity contribution in [2.24, 2.45) is 0 Å². The fourth-order valence-corrected chi connectivity index (χ4v) is 2.93. The van der Waals surface area contributed by atoms with Gasteiger partial charge in [0.2, 0.25) is 0 Å². The molecule has 0 aromatic heterocycles. The van der Waals surface area contributed by atoms with Crippen molar-refractivity contribution < 1.29 is 20.8 Å². The van der Waals surface area contributed by atoms with E-state index in [-0.39, 0.29) is 0 Å². The quantitative estimate of drug-likeness (QED) is 0.455.